The number of hydrogen-bond acceptors (Lipinski definition) is 8. The second-order valence-electron chi connectivity index (χ2n) is 7.03. The highest BCUT2D eigenvalue weighted by molar-refractivity contribution is 7.98. The lowest BCUT2D eigenvalue weighted by atomic mass is 10.1. The molecule has 1 atom stereocenters. The molecule has 0 radical (unpaired) electrons. The molecule has 0 bridgehead atoms. The highest BCUT2D eigenvalue weighted by atomic mass is 32.2. The lowest BCUT2D eigenvalue weighted by Gasteiger charge is -2.33. The fourth-order valence-corrected chi connectivity index (χ4v) is 4.09. The van der Waals surface area contributed by atoms with Crippen LogP contribution < -0.4 is 10.6 Å². The Morgan fingerprint density at radius 2 is 2.33 bits per heavy atom. The number of piperidine rings is 1. The van der Waals surface area contributed by atoms with Crippen LogP contribution >= 0.6 is 11.8 Å². The fraction of sp³-hybridized carbons (Fsp3) is 0.421. The minimum absolute atomic E-state index is 0.0438. The van der Waals surface area contributed by atoms with Crippen LogP contribution in [0.25, 0.3) is 11.0 Å². The van der Waals surface area contributed by atoms with Gasteiger partial charge in [-0.15, -0.1) is 11.8 Å². The van der Waals surface area contributed by atoms with E-state index in [2.05, 4.69) is 37.5 Å². The van der Waals surface area contributed by atoms with Gasteiger partial charge in [0.15, 0.2) is 5.65 Å². The van der Waals surface area contributed by atoms with E-state index in [9.17, 15) is 4.79 Å². The van der Waals surface area contributed by atoms with Crippen molar-refractivity contribution in [1.29, 1.82) is 0 Å². The molecule has 1 amide bonds. The van der Waals surface area contributed by atoms with E-state index in [-0.39, 0.29) is 11.9 Å². The summed E-state index contributed by atoms with van der Waals surface area (Å²) in [7, 11) is 0. The number of H-pyrrole nitrogens is 1. The monoisotopic (exact) mass is 427 g/mol. The molecule has 0 spiro atoms. The quantitative estimate of drug-likeness (QED) is 0.389. The molecule has 4 heterocycles. The van der Waals surface area contributed by atoms with Gasteiger partial charge in [0.25, 0.3) is 0 Å². The summed E-state index contributed by atoms with van der Waals surface area (Å²) in [5.74, 6) is 1.10. The largest absolute Gasteiger partial charge is 0.365 e. The average Bonchev–Trinajstić information content (AvgIpc) is 3.40. The summed E-state index contributed by atoms with van der Waals surface area (Å²) in [5.41, 5.74) is 1.46. The lowest BCUT2D eigenvalue weighted by Crippen LogP contribution is -2.44. The third kappa shape index (κ3) is 4.11. The Morgan fingerprint density at radius 1 is 1.47 bits per heavy atom. The number of anilines is 3. The number of nitrogens with one attached hydrogen (secondary N) is 3. The molecule has 1 fully saturated rings. The van der Waals surface area contributed by atoms with Gasteiger partial charge in [-0.3, -0.25) is 14.6 Å². The minimum Gasteiger partial charge on any atom is -0.365 e. The Balaban J connectivity index is 1.63. The maximum absolute atomic E-state index is 12.0. The molecule has 0 aromatic carbocycles. The Kier molecular flexibility index (Phi) is 5.88. The number of aromatic nitrogens is 6. The smallest absolute Gasteiger partial charge is 0.246 e. The number of hydrogen-bond donors (Lipinski definition) is 3. The topological polar surface area (TPSA) is 117 Å². The van der Waals surface area contributed by atoms with Gasteiger partial charge in [-0.05, 0) is 32.1 Å². The SMILES string of the molecule is C=CC(=O)N1CCCC(Nc2nc(Nc3cnn(CC)c3)nc3[nH]nc(SC)c23)C1. The molecule has 10 nitrogen and oxygen atoms in total. The van der Waals surface area contributed by atoms with Crippen LogP contribution in [0, 0.1) is 0 Å². The van der Waals surface area contributed by atoms with Gasteiger partial charge < -0.3 is 15.5 Å². The third-order valence-electron chi connectivity index (χ3n) is 5.04. The molecule has 158 valence electrons. The van der Waals surface area contributed by atoms with Crippen molar-refractivity contribution in [3.05, 3.63) is 25.0 Å². The van der Waals surface area contributed by atoms with Crippen molar-refractivity contribution in [3.63, 3.8) is 0 Å². The number of likely N-dealkylation sites (tertiary alicyclic amines) is 1. The van der Waals surface area contributed by atoms with Gasteiger partial charge in [-0.1, -0.05) is 6.58 Å². The summed E-state index contributed by atoms with van der Waals surface area (Å²) in [4.78, 5) is 23.2. The Labute approximate surface area is 178 Å². The molecule has 0 aliphatic carbocycles. The zero-order valence-electron chi connectivity index (χ0n) is 17.1. The van der Waals surface area contributed by atoms with Crippen molar-refractivity contribution in [2.75, 3.05) is 30.0 Å². The predicted octanol–water partition coefficient (Wildman–Crippen LogP) is 2.62. The minimum atomic E-state index is -0.0438. The molecular formula is C19H25N9OS. The summed E-state index contributed by atoms with van der Waals surface area (Å²) in [6, 6.07) is 0.0843. The second kappa shape index (κ2) is 8.74. The van der Waals surface area contributed by atoms with Crippen LogP contribution in [0.5, 0.6) is 0 Å². The number of rotatable bonds is 7. The average molecular weight is 428 g/mol. The molecule has 11 heteroatoms. The van der Waals surface area contributed by atoms with Crippen molar-refractivity contribution in [1.82, 2.24) is 34.8 Å². The number of aryl methyl sites for hydroxylation is 1. The van der Waals surface area contributed by atoms with Crippen LogP contribution in [0.1, 0.15) is 19.8 Å². The molecular weight excluding hydrogens is 402 g/mol. The second-order valence-corrected chi connectivity index (χ2v) is 7.83. The van der Waals surface area contributed by atoms with Crippen molar-refractivity contribution in [2.45, 2.75) is 37.4 Å². The van der Waals surface area contributed by atoms with Gasteiger partial charge in [0, 0.05) is 31.9 Å². The zero-order chi connectivity index (χ0) is 21.1. The van der Waals surface area contributed by atoms with Crippen LogP contribution in [-0.4, -0.2) is 66.1 Å². The highest BCUT2D eigenvalue weighted by Gasteiger charge is 2.24. The molecule has 3 N–H and O–H groups in total. The summed E-state index contributed by atoms with van der Waals surface area (Å²) < 4.78 is 1.83. The van der Waals surface area contributed by atoms with E-state index in [1.54, 1.807) is 6.20 Å². The van der Waals surface area contributed by atoms with E-state index in [0.29, 0.717) is 24.0 Å². The first kappa shape index (κ1) is 20.2. The van der Waals surface area contributed by atoms with Gasteiger partial charge in [0.05, 0.1) is 17.3 Å². The van der Waals surface area contributed by atoms with E-state index in [1.807, 2.05) is 29.0 Å². The van der Waals surface area contributed by atoms with Crippen LogP contribution in [0.15, 0.2) is 30.1 Å². The van der Waals surface area contributed by atoms with Gasteiger partial charge >= 0.3 is 0 Å². The number of amides is 1. The first-order valence-corrected chi connectivity index (χ1v) is 11.1. The summed E-state index contributed by atoms with van der Waals surface area (Å²) in [6.07, 6.45) is 8.85. The maximum atomic E-state index is 12.0. The van der Waals surface area contributed by atoms with E-state index in [0.717, 1.165) is 42.0 Å². The number of nitrogens with zero attached hydrogens (tertiary/aromatic N) is 6. The number of carbonyl (C=O) groups is 1. The molecule has 1 aliphatic heterocycles. The number of fused-ring (bicyclic) bond motifs is 1. The zero-order valence-corrected chi connectivity index (χ0v) is 17.9. The Hall–Kier alpha value is -3.08. The van der Waals surface area contributed by atoms with Crippen molar-refractivity contribution >= 4 is 46.2 Å². The van der Waals surface area contributed by atoms with Crippen molar-refractivity contribution in [2.24, 2.45) is 0 Å². The van der Waals surface area contributed by atoms with Gasteiger partial charge in [0.2, 0.25) is 11.9 Å². The summed E-state index contributed by atoms with van der Waals surface area (Å²) >= 11 is 1.53. The van der Waals surface area contributed by atoms with Crippen molar-refractivity contribution < 1.29 is 4.79 Å². The molecule has 30 heavy (non-hydrogen) atoms. The van der Waals surface area contributed by atoms with E-state index in [1.165, 1.54) is 17.8 Å². The summed E-state index contributed by atoms with van der Waals surface area (Å²) in [5, 5.41) is 20.0. The van der Waals surface area contributed by atoms with Gasteiger partial charge in [-0.2, -0.15) is 20.2 Å². The van der Waals surface area contributed by atoms with Crippen molar-refractivity contribution in [3.8, 4) is 0 Å². The van der Waals surface area contributed by atoms with Crippen LogP contribution in [0.3, 0.4) is 0 Å². The summed E-state index contributed by atoms with van der Waals surface area (Å²) in [6.45, 7) is 7.77. The van der Waals surface area contributed by atoms with E-state index >= 15 is 0 Å². The van der Waals surface area contributed by atoms with E-state index in [4.69, 9.17) is 4.98 Å². The molecule has 1 saturated heterocycles. The molecule has 0 saturated carbocycles. The first-order valence-electron chi connectivity index (χ1n) is 9.88. The number of aromatic amines is 1. The standard InChI is InChI=1S/C19H25N9OS/c1-4-14(29)27-8-6-7-12(10-27)21-16-15-17(25-26-18(15)30-3)24-19(23-16)22-13-9-20-28(5-2)11-13/h4,9,11-12H,1,5-8,10H2,2-3H3,(H3,21,22,23,24,25,26). The first-order chi connectivity index (χ1) is 14.6. The normalized spacial score (nSPS) is 16.6. The van der Waals surface area contributed by atoms with E-state index < -0.39 is 0 Å². The number of thioether (sulfide) groups is 1. The molecule has 3 aromatic rings. The van der Waals surface area contributed by atoms with Gasteiger partial charge in [-0.25, -0.2) is 0 Å². The Bertz CT molecular complexity index is 1060. The molecule has 1 aliphatic rings. The van der Waals surface area contributed by atoms with Gasteiger partial charge in [0.1, 0.15) is 10.8 Å². The lowest BCUT2D eigenvalue weighted by molar-refractivity contribution is -0.127. The molecule has 1 unspecified atom stereocenters. The molecule has 4 rings (SSSR count). The Morgan fingerprint density at radius 3 is 3.07 bits per heavy atom. The fourth-order valence-electron chi connectivity index (χ4n) is 3.56. The number of carbonyl (C=O) groups excluding carboxylic acids is 1. The molecule has 3 aromatic heterocycles. The van der Waals surface area contributed by atoms with Crippen LogP contribution in [-0.2, 0) is 11.3 Å². The highest BCUT2D eigenvalue weighted by Crippen LogP contribution is 2.31. The third-order valence-corrected chi connectivity index (χ3v) is 5.72. The van der Waals surface area contributed by atoms with Crippen LogP contribution in [0.2, 0.25) is 0 Å². The van der Waals surface area contributed by atoms with Crippen LogP contribution in [0.4, 0.5) is 17.5 Å². The predicted molar refractivity (Wildman–Crippen MR) is 118 cm³/mol. The maximum Gasteiger partial charge on any atom is 0.246 e.